The summed E-state index contributed by atoms with van der Waals surface area (Å²) in [6.07, 6.45) is 0.263. The van der Waals surface area contributed by atoms with Crippen molar-refractivity contribution in [1.82, 2.24) is 0 Å². The summed E-state index contributed by atoms with van der Waals surface area (Å²) >= 11 is 0. The highest BCUT2D eigenvalue weighted by molar-refractivity contribution is 7.93. The fourth-order valence-electron chi connectivity index (χ4n) is 3.69. The van der Waals surface area contributed by atoms with Crippen LogP contribution in [0.25, 0.3) is 0 Å². The molecule has 1 heterocycles. The topological polar surface area (TPSA) is 130 Å². The van der Waals surface area contributed by atoms with Crippen molar-refractivity contribution >= 4 is 48.9 Å². The predicted octanol–water partition coefficient (Wildman–Crippen LogP) is 3.56. The molecule has 0 aromatic heterocycles. The largest absolute Gasteiger partial charge is 0.280 e. The molecular weight excluding hydrogens is 490 g/mol. The smallest absolute Gasteiger partial charge is 0.261 e. The third-order valence-electron chi connectivity index (χ3n) is 5.50. The summed E-state index contributed by atoms with van der Waals surface area (Å²) in [4.78, 5) is 24.7. The van der Waals surface area contributed by atoms with Gasteiger partial charge in [0.05, 0.1) is 21.2 Å². The number of benzene rings is 3. The molecule has 3 aromatic carbocycles. The van der Waals surface area contributed by atoms with E-state index in [1.807, 2.05) is 13.0 Å². The summed E-state index contributed by atoms with van der Waals surface area (Å²) < 4.78 is 55.9. The zero-order valence-electron chi connectivity index (χ0n) is 19.0. The van der Waals surface area contributed by atoms with Gasteiger partial charge < -0.3 is 0 Å². The highest BCUT2D eigenvalue weighted by atomic mass is 32.2. The molecule has 182 valence electrons. The second kappa shape index (κ2) is 9.16. The third kappa shape index (κ3) is 5.20. The van der Waals surface area contributed by atoms with Gasteiger partial charge in [0, 0.05) is 18.5 Å². The first-order valence-electron chi connectivity index (χ1n) is 10.7. The van der Waals surface area contributed by atoms with Crippen LogP contribution < -0.4 is 14.3 Å². The molecule has 0 aliphatic carbocycles. The van der Waals surface area contributed by atoms with Gasteiger partial charge in [0.2, 0.25) is 11.8 Å². The number of hydrogen-bond donors (Lipinski definition) is 2. The Labute approximate surface area is 203 Å². The Bertz CT molecular complexity index is 1500. The lowest BCUT2D eigenvalue weighted by Crippen LogP contribution is -2.28. The average molecular weight is 514 g/mol. The Balaban J connectivity index is 1.48. The van der Waals surface area contributed by atoms with Gasteiger partial charge in [-0.2, -0.15) is 0 Å². The van der Waals surface area contributed by atoms with Crippen LogP contribution in [-0.2, 0) is 29.6 Å². The number of carbonyl (C=O) groups is 2. The van der Waals surface area contributed by atoms with Gasteiger partial charge in [-0.25, -0.2) is 16.8 Å². The summed E-state index contributed by atoms with van der Waals surface area (Å²) in [5, 5.41) is 0. The molecular formula is C24H23N3O6S2. The second-order valence-electron chi connectivity index (χ2n) is 8.17. The molecule has 11 heteroatoms. The van der Waals surface area contributed by atoms with Crippen LogP contribution in [0.5, 0.6) is 0 Å². The Morgan fingerprint density at radius 3 is 1.74 bits per heavy atom. The highest BCUT2D eigenvalue weighted by Gasteiger charge is 2.30. The standard InChI is InChI=1S/C24H23N3O6S2/c1-16-3-12-22(17(2)15-16)26-35(32,33)20-8-4-18(5-9-20)25-34(30,31)21-10-6-19(7-11-21)27-23(28)13-14-24(27)29/h3-12,15,25-26H,13-14H2,1-2H3. The minimum Gasteiger partial charge on any atom is -0.280 e. The quantitative estimate of drug-likeness (QED) is 0.465. The van der Waals surface area contributed by atoms with E-state index < -0.39 is 20.0 Å². The molecule has 35 heavy (non-hydrogen) atoms. The molecule has 2 amide bonds. The predicted molar refractivity (Wildman–Crippen MR) is 132 cm³/mol. The Kier molecular flexibility index (Phi) is 6.39. The van der Waals surface area contributed by atoms with Gasteiger partial charge in [0.15, 0.2) is 0 Å². The summed E-state index contributed by atoms with van der Waals surface area (Å²) in [6, 6.07) is 16.0. The summed E-state index contributed by atoms with van der Waals surface area (Å²) in [5.41, 5.74) is 2.73. The fourth-order valence-corrected chi connectivity index (χ4v) is 5.88. The summed E-state index contributed by atoms with van der Waals surface area (Å²) in [5.74, 6) is -0.656. The molecule has 1 fully saturated rings. The maximum atomic E-state index is 12.8. The number of nitrogens with zero attached hydrogens (tertiary/aromatic N) is 1. The van der Waals surface area contributed by atoms with E-state index in [0.717, 1.165) is 16.0 Å². The van der Waals surface area contributed by atoms with E-state index in [4.69, 9.17) is 0 Å². The van der Waals surface area contributed by atoms with Crippen LogP contribution in [0, 0.1) is 13.8 Å². The van der Waals surface area contributed by atoms with E-state index in [2.05, 4.69) is 9.44 Å². The van der Waals surface area contributed by atoms with Crippen LogP contribution in [0.4, 0.5) is 17.1 Å². The maximum Gasteiger partial charge on any atom is 0.261 e. The zero-order chi connectivity index (χ0) is 25.4. The van der Waals surface area contributed by atoms with Crippen LogP contribution in [0.15, 0.2) is 76.5 Å². The minimum absolute atomic E-state index is 0.0234. The molecule has 0 radical (unpaired) electrons. The Hall–Kier alpha value is -3.70. The van der Waals surface area contributed by atoms with Crippen LogP contribution in [0.3, 0.4) is 0 Å². The lowest BCUT2D eigenvalue weighted by Gasteiger charge is -2.15. The van der Waals surface area contributed by atoms with Crippen molar-refractivity contribution in [3.8, 4) is 0 Å². The normalized spacial score (nSPS) is 14.3. The number of aryl methyl sites for hydroxylation is 2. The van der Waals surface area contributed by atoms with Crippen molar-refractivity contribution in [2.75, 3.05) is 14.3 Å². The number of carbonyl (C=O) groups excluding carboxylic acids is 2. The SMILES string of the molecule is Cc1ccc(NS(=O)(=O)c2ccc(NS(=O)(=O)c3ccc(N4C(=O)CCC4=O)cc3)cc2)c(C)c1. The van der Waals surface area contributed by atoms with Gasteiger partial charge >= 0.3 is 0 Å². The third-order valence-corrected chi connectivity index (χ3v) is 8.28. The number of anilines is 3. The molecule has 4 rings (SSSR count). The first kappa shape index (κ1) is 24.4. The second-order valence-corrected chi connectivity index (χ2v) is 11.5. The van der Waals surface area contributed by atoms with Crippen LogP contribution in [0.2, 0.25) is 0 Å². The molecule has 0 spiro atoms. The van der Waals surface area contributed by atoms with Crippen molar-refractivity contribution in [2.45, 2.75) is 36.5 Å². The number of imide groups is 1. The van der Waals surface area contributed by atoms with Crippen molar-refractivity contribution in [3.05, 3.63) is 77.9 Å². The summed E-state index contributed by atoms with van der Waals surface area (Å²) in [6.45, 7) is 3.71. The van der Waals surface area contributed by atoms with E-state index in [1.54, 1.807) is 19.1 Å². The van der Waals surface area contributed by atoms with E-state index in [-0.39, 0.29) is 40.1 Å². The van der Waals surface area contributed by atoms with E-state index >= 15 is 0 Å². The fraction of sp³-hybridized carbons (Fsp3) is 0.167. The average Bonchev–Trinajstić information content (AvgIpc) is 3.14. The van der Waals surface area contributed by atoms with Crippen LogP contribution >= 0.6 is 0 Å². The van der Waals surface area contributed by atoms with Gasteiger partial charge in [-0.15, -0.1) is 0 Å². The lowest BCUT2D eigenvalue weighted by atomic mass is 10.1. The molecule has 9 nitrogen and oxygen atoms in total. The molecule has 0 saturated carbocycles. The van der Waals surface area contributed by atoms with Crippen LogP contribution in [-0.4, -0.2) is 28.6 Å². The van der Waals surface area contributed by atoms with Crippen molar-refractivity contribution in [1.29, 1.82) is 0 Å². The van der Waals surface area contributed by atoms with E-state index in [0.29, 0.717) is 11.4 Å². The van der Waals surface area contributed by atoms with Crippen molar-refractivity contribution in [2.24, 2.45) is 0 Å². The zero-order valence-corrected chi connectivity index (χ0v) is 20.6. The molecule has 0 bridgehead atoms. The Morgan fingerprint density at radius 2 is 1.20 bits per heavy atom. The van der Waals surface area contributed by atoms with Crippen molar-refractivity contribution in [3.63, 3.8) is 0 Å². The number of amides is 2. The van der Waals surface area contributed by atoms with Gasteiger partial charge in [-0.05, 0) is 74.0 Å². The lowest BCUT2D eigenvalue weighted by molar-refractivity contribution is -0.121. The molecule has 3 aromatic rings. The number of hydrogen-bond acceptors (Lipinski definition) is 6. The molecule has 0 unspecified atom stereocenters. The molecule has 1 saturated heterocycles. The Morgan fingerprint density at radius 1 is 0.686 bits per heavy atom. The minimum atomic E-state index is -3.99. The monoisotopic (exact) mass is 513 g/mol. The van der Waals surface area contributed by atoms with Crippen LogP contribution in [0.1, 0.15) is 24.0 Å². The molecule has 1 aliphatic rings. The van der Waals surface area contributed by atoms with Gasteiger partial charge in [-0.3, -0.25) is 23.9 Å². The van der Waals surface area contributed by atoms with Gasteiger partial charge in [0.25, 0.3) is 20.0 Å². The van der Waals surface area contributed by atoms with Crippen molar-refractivity contribution < 1.29 is 26.4 Å². The first-order chi connectivity index (χ1) is 16.5. The van der Waals surface area contributed by atoms with Gasteiger partial charge in [0.1, 0.15) is 0 Å². The summed E-state index contributed by atoms with van der Waals surface area (Å²) in [7, 11) is -7.86. The maximum absolute atomic E-state index is 12.8. The molecule has 2 N–H and O–H groups in total. The highest BCUT2D eigenvalue weighted by Crippen LogP contribution is 2.26. The number of sulfonamides is 2. The first-order valence-corrected chi connectivity index (χ1v) is 13.6. The van der Waals surface area contributed by atoms with Gasteiger partial charge in [-0.1, -0.05) is 17.7 Å². The van der Waals surface area contributed by atoms with E-state index in [1.165, 1.54) is 48.5 Å². The molecule has 1 aliphatic heterocycles. The van der Waals surface area contributed by atoms with E-state index in [9.17, 15) is 26.4 Å². The number of rotatable bonds is 7. The number of nitrogens with one attached hydrogen (secondary N) is 2. The molecule has 0 atom stereocenters.